The molecule has 0 fully saturated rings. The fourth-order valence-corrected chi connectivity index (χ4v) is 3.08. The minimum Gasteiger partial charge on any atom is -0.337 e. The van der Waals surface area contributed by atoms with Gasteiger partial charge in [-0.1, -0.05) is 42.5 Å². The van der Waals surface area contributed by atoms with Crippen molar-refractivity contribution in [2.75, 3.05) is 4.90 Å². The third-order valence-electron chi connectivity index (χ3n) is 4.66. The van der Waals surface area contributed by atoms with Crippen molar-refractivity contribution in [1.29, 1.82) is 0 Å². The molecule has 0 spiro atoms. The van der Waals surface area contributed by atoms with E-state index >= 15 is 0 Å². The molecule has 4 aromatic rings. The Morgan fingerprint density at radius 1 is 0.929 bits per heavy atom. The van der Waals surface area contributed by atoms with Crippen LogP contribution in [-0.4, -0.2) is 20.4 Å². The number of aryl methyl sites for hydroxylation is 1. The second kappa shape index (κ2) is 7.88. The van der Waals surface area contributed by atoms with E-state index in [-0.39, 0.29) is 5.91 Å². The smallest absolute Gasteiger partial charge is 0.260 e. The number of carbonyl (C=O) groups excluding carboxylic acids is 1. The van der Waals surface area contributed by atoms with Crippen molar-refractivity contribution in [3.05, 3.63) is 103 Å². The average Bonchev–Trinajstić information content (AvgIpc) is 3.17. The number of aromatic nitrogens is 3. The van der Waals surface area contributed by atoms with Crippen LogP contribution in [0.15, 0.2) is 91.5 Å². The Balaban J connectivity index is 1.68. The molecule has 0 aliphatic carbocycles. The Labute approximate surface area is 163 Å². The molecule has 0 bridgehead atoms. The fourth-order valence-electron chi connectivity index (χ4n) is 3.08. The first-order chi connectivity index (χ1) is 13.7. The Morgan fingerprint density at radius 2 is 1.68 bits per heavy atom. The molecule has 1 amide bonds. The summed E-state index contributed by atoms with van der Waals surface area (Å²) in [4.78, 5) is 23.4. The Morgan fingerprint density at radius 3 is 2.32 bits per heavy atom. The molecule has 138 valence electrons. The second-order valence-electron chi connectivity index (χ2n) is 6.50. The molecule has 0 aliphatic heterocycles. The highest BCUT2D eigenvalue weighted by atomic mass is 16.2. The van der Waals surface area contributed by atoms with Gasteiger partial charge in [0.15, 0.2) is 0 Å². The zero-order valence-electron chi connectivity index (χ0n) is 15.6. The topological polar surface area (TPSA) is 51.0 Å². The Kier molecular flexibility index (Phi) is 4.97. The summed E-state index contributed by atoms with van der Waals surface area (Å²) in [5, 5.41) is 0. The number of imidazole rings is 1. The van der Waals surface area contributed by atoms with Crippen molar-refractivity contribution >= 4 is 11.6 Å². The van der Waals surface area contributed by atoms with Crippen LogP contribution in [-0.2, 0) is 13.6 Å². The molecule has 0 N–H and O–H groups in total. The lowest BCUT2D eigenvalue weighted by Gasteiger charge is -2.23. The number of pyridine rings is 1. The van der Waals surface area contributed by atoms with Gasteiger partial charge in [0.05, 0.1) is 12.1 Å². The number of anilines is 1. The summed E-state index contributed by atoms with van der Waals surface area (Å²) in [6.45, 7) is 0.377. The molecule has 28 heavy (non-hydrogen) atoms. The van der Waals surface area contributed by atoms with Gasteiger partial charge in [0.25, 0.3) is 5.91 Å². The van der Waals surface area contributed by atoms with Crippen molar-refractivity contribution < 1.29 is 4.79 Å². The zero-order valence-corrected chi connectivity index (χ0v) is 15.6. The van der Waals surface area contributed by atoms with Crippen LogP contribution < -0.4 is 4.90 Å². The molecule has 0 saturated carbocycles. The van der Waals surface area contributed by atoms with Crippen LogP contribution in [0.4, 0.5) is 5.69 Å². The van der Waals surface area contributed by atoms with Gasteiger partial charge in [-0.3, -0.25) is 9.78 Å². The molecule has 2 aromatic carbocycles. The summed E-state index contributed by atoms with van der Waals surface area (Å²) < 4.78 is 1.92. The normalized spacial score (nSPS) is 10.6. The van der Waals surface area contributed by atoms with Gasteiger partial charge < -0.3 is 9.47 Å². The van der Waals surface area contributed by atoms with Crippen LogP contribution in [0.25, 0.3) is 11.1 Å². The molecule has 4 rings (SSSR count). The minimum atomic E-state index is -0.108. The van der Waals surface area contributed by atoms with E-state index in [0.717, 1.165) is 22.6 Å². The van der Waals surface area contributed by atoms with Gasteiger partial charge in [-0.2, -0.15) is 0 Å². The van der Waals surface area contributed by atoms with E-state index in [2.05, 4.69) is 22.1 Å². The van der Waals surface area contributed by atoms with Crippen LogP contribution in [0.1, 0.15) is 16.2 Å². The SMILES string of the molecule is Cn1ccnc1CN(C(=O)c1cccnc1)c1ccc(-c2ccccc2)cc1. The predicted octanol–water partition coefficient (Wildman–Crippen LogP) is 4.33. The molecule has 2 aromatic heterocycles. The highest BCUT2D eigenvalue weighted by Gasteiger charge is 2.20. The van der Waals surface area contributed by atoms with Gasteiger partial charge in [-0.25, -0.2) is 4.98 Å². The van der Waals surface area contributed by atoms with Crippen LogP contribution in [0, 0.1) is 0 Å². The van der Waals surface area contributed by atoms with Gasteiger partial charge >= 0.3 is 0 Å². The Hall–Kier alpha value is -3.73. The van der Waals surface area contributed by atoms with Crippen molar-refractivity contribution in [3.8, 4) is 11.1 Å². The molecular formula is C23H20N4O. The summed E-state index contributed by atoms with van der Waals surface area (Å²) in [6, 6.07) is 21.7. The lowest BCUT2D eigenvalue weighted by molar-refractivity contribution is 0.0984. The number of amides is 1. The van der Waals surface area contributed by atoms with Crippen molar-refractivity contribution in [2.24, 2.45) is 7.05 Å². The monoisotopic (exact) mass is 368 g/mol. The fraction of sp³-hybridized carbons (Fsp3) is 0.0870. The third-order valence-corrected chi connectivity index (χ3v) is 4.66. The number of carbonyl (C=O) groups is 1. The maximum absolute atomic E-state index is 13.2. The van der Waals surface area contributed by atoms with E-state index < -0.39 is 0 Å². The number of hydrogen-bond acceptors (Lipinski definition) is 3. The van der Waals surface area contributed by atoms with Gasteiger partial charge in [0, 0.05) is 37.5 Å². The molecular weight excluding hydrogens is 348 g/mol. The first kappa shape index (κ1) is 17.7. The summed E-state index contributed by atoms with van der Waals surface area (Å²) >= 11 is 0. The molecule has 0 saturated heterocycles. The number of benzene rings is 2. The first-order valence-electron chi connectivity index (χ1n) is 9.06. The molecule has 2 heterocycles. The molecule has 5 nitrogen and oxygen atoms in total. The third kappa shape index (κ3) is 3.69. The largest absolute Gasteiger partial charge is 0.337 e. The molecule has 0 atom stereocenters. The van der Waals surface area contributed by atoms with E-state index in [0.29, 0.717) is 12.1 Å². The van der Waals surface area contributed by atoms with E-state index in [1.165, 1.54) is 0 Å². The number of hydrogen-bond donors (Lipinski definition) is 0. The van der Waals surface area contributed by atoms with E-state index in [1.54, 1.807) is 35.6 Å². The second-order valence-corrected chi connectivity index (χ2v) is 6.50. The van der Waals surface area contributed by atoms with Crippen molar-refractivity contribution in [2.45, 2.75) is 6.54 Å². The maximum atomic E-state index is 13.2. The lowest BCUT2D eigenvalue weighted by atomic mass is 10.1. The molecule has 0 unspecified atom stereocenters. The van der Waals surface area contributed by atoms with Crippen LogP contribution in [0.3, 0.4) is 0 Å². The highest BCUT2D eigenvalue weighted by molar-refractivity contribution is 6.05. The minimum absolute atomic E-state index is 0.108. The summed E-state index contributed by atoms with van der Waals surface area (Å²) in [5.74, 6) is 0.702. The number of rotatable bonds is 5. The van der Waals surface area contributed by atoms with Crippen molar-refractivity contribution in [1.82, 2.24) is 14.5 Å². The summed E-state index contributed by atoms with van der Waals surface area (Å²) in [6.07, 6.45) is 6.86. The van der Waals surface area contributed by atoms with Crippen molar-refractivity contribution in [3.63, 3.8) is 0 Å². The van der Waals surface area contributed by atoms with Gasteiger partial charge in [-0.05, 0) is 35.4 Å². The lowest BCUT2D eigenvalue weighted by Crippen LogP contribution is -2.31. The van der Waals surface area contributed by atoms with Crippen LogP contribution in [0.2, 0.25) is 0 Å². The molecule has 0 radical (unpaired) electrons. The van der Waals surface area contributed by atoms with Crippen LogP contribution in [0.5, 0.6) is 0 Å². The standard InChI is InChI=1S/C23H20N4O/c1-26-15-14-25-22(26)17-27(23(28)20-8-5-13-24-16-20)21-11-9-19(10-12-21)18-6-3-2-4-7-18/h2-16H,17H2,1H3. The quantitative estimate of drug-likeness (QED) is 0.527. The molecule has 0 aliphatic rings. The van der Waals surface area contributed by atoms with E-state index in [9.17, 15) is 4.79 Å². The Bertz CT molecular complexity index is 1060. The van der Waals surface area contributed by atoms with Gasteiger partial charge in [-0.15, -0.1) is 0 Å². The molecule has 5 heteroatoms. The predicted molar refractivity (Wildman–Crippen MR) is 110 cm³/mol. The maximum Gasteiger partial charge on any atom is 0.260 e. The van der Waals surface area contributed by atoms with Crippen LogP contribution >= 0.6 is 0 Å². The summed E-state index contributed by atoms with van der Waals surface area (Å²) in [7, 11) is 1.92. The van der Waals surface area contributed by atoms with E-state index in [1.807, 2.05) is 60.3 Å². The average molecular weight is 368 g/mol. The first-order valence-corrected chi connectivity index (χ1v) is 9.06. The van der Waals surface area contributed by atoms with E-state index in [4.69, 9.17) is 0 Å². The number of nitrogens with zero attached hydrogens (tertiary/aromatic N) is 4. The summed E-state index contributed by atoms with van der Waals surface area (Å²) in [5.41, 5.74) is 3.61. The van der Waals surface area contributed by atoms with Gasteiger partial charge in [0.1, 0.15) is 5.82 Å². The highest BCUT2D eigenvalue weighted by Crippen LogP contribution is 2.25. The zero-order chi connectivity index (χ0) is 19.3. The van der Waals surface area contributed by atoms with Gasteiger partial charge in [0.2, 0.25) is 0 Å².